The molecule has 1 aliphatic heterocycles. The molecule has 0 saturated heterocycles. The number of aromatic nitrogens is 2. The van der Waals surface area contributed by atoms with Crippen LogP contribution >= 0.6 is 23.5 Å². The van der Waals surface area contributed by atoms with Crippen molar-refractivity contribution in [2.75, 3.05) is 11.1 Å². The number of hydrogen-bond donors (Lipinski definition) is 1. The molecule has 1 unspecified atom stereocenters. The second-order valence-electron chi connectivity index (χ2n) is 8.37. The summed E-state index contributed by atoms with van der Waals surface area (Å²) < 4.78 is 1.67. The molecule has 32 heavy (non-hydrogen) atoms. The zero-order valence-corrected chi connectivity index (χ0v) is 20.6. The molecule has 1 atom stereocenters. The van der Waals surface area contributed by atoms with Gasteiger partial charge in [-0.1, -0.05) is 36.9 Å². The van der Waals surface area contributed by atoms with Crippen LogP contribution in [0.25, 0.3) is 5.69 Å². The maximum atomic E-state index is 13.5. The van der Waals surface area contributed by atoms with Crippen molar-refractivity contribution in [1.29, 1.82) is 0 Å². The topological polar surface area (TPSA) is 64.0 Å². The Labute approximate surface area is 197 Å². The fraction of sp³-hybridized carbons (Fsp3) is 0.320. The highest BCUT2D eigenvalue weighted by Crippen LogP contribution is 2.35. The number of thioether (sulfide) groups is 2. The van der Waals surface area contributed by atoms with Gasteiger partial charge in [-0.3, -0.25) is 14.2 Å². The molecule has 5 nitrogen and oxygen atoms in total. The zero-order valence-electron chi connectivity index (χ0n) is 19.0. The maximum Gasteiger partial charge on any atom is 0.272 e. The number of carbonyl (C=O) groups is 1. The van der Waals surface area contributed by atoms with Crippen LogP contribution in [-0.2, 0) is 11.2 Å². The lowest BCUT2D eigenvalue weighted by Crippen LogP contribution is -2.25. The third kappa shape index (κ3) is 4.64. The number of nitrogens with one attached hydrogen (secondary N) is 1. The third-order valence-electron chi connectivity index (χ3n) is 5.56. The average Bonchev–Trinajstić information content (AvgIpc) is 3.10. The number of benzene rings is 2. The largest absolute Gasteiger partial charge is 0.325 e. The van der Waals surface area contributed by atoms with Gasteiger partial charge in [0.05, 0.1) is 22.0 Å². The van der Waals surface area contributed by atoms with Gasteiger partial charge in [0.15, 0.2) is 5.16 Å². The van der Waals surface area contributed by atoms with Gasteiger partial charge in [0.2, 0.25) is 5.91 Å². The van der Waals surface area contributed by atoms with E-state index in [9.17, 15) is 9.59 Å². The number of fused-ring (bicyclic) bond motifs is 1. The van der Waals surface area contributed by atoms with Crippen molar-refractivity contribution in [3.63, 3.8) is 0 Å². The third-order valence-corrected chi connectivity index (χ3v) is 7.71. The number of carbonyl (C=O) groups excluding carboxylic acids is 1. The molecule has 1 amide bonds. The van der Waals surface area contributed by atoms with E-state index in [0.717, 1.165) is 50.6 Å². The number of anilines is 1. The molecule has 0 bridgehead atoms. The molecule has 1 aromatic heterocycles. The van der Waals surface area contributed by atoms with E-state index in [1.165, 1.54) is 11.8 Å². The van der Waals surface area contributed by atoms with Gasteiger partial charge in [-0.15, -0.1) is 11.8 Å². The van der Waals surface area contributed by atoms with Gasteiger partial charge < -0.3 is 5.32 Å². The molecule has 0 spiro atoms. The smallest absolute Gasteiger partial charge is 0.272 e. The Balaban J connectivity index is 1.66. The van der Waals surface area contributed by atoms with Crippen LogP contribution in [0, 0.1) is 27.7 Å². The van der Waals surface area contributed by atoms with Gasteiger partial charge in [-0.25, -0.2) is 4.98 Å². The molecule has 0 fully saturated rings. The van der Waals surface area contributed by atoms with Crippen LogP contribution in [0.4, 0.5) is 5.69 Å². The molecule has 7 heteroatoms. The minimum absolute atomic E-state index is 0.0493. The first-order valence-corrected chi connectivity index (χ1v) is 12.5. The Hall–Kier alpha value is -2.51. The van der Waals surface area contributed by atoms with Crippen LogP contribution in [0.15, 0.2) is 51.2 Å². The fourth-order valence-electron chi connectivity index (χ4n) is 3.91. The predicted octanol–water partition coefficient (Wildman–Crippen LogP) is 5.23. The molecular formula is C25H27N3O2S2. The first-order chi connectivity index (χ1) is 15.2. The summed E-state index contributed by atoms with van der Waals surface area (Å²) in [7, 11) is 0. The summed E-state index contributed by atoms with van der Waals surface area (Å²) in [6.07, 6.45) is 0.769. The summed E-state index contributed by atoms with van der Waals surface area (Å²) in [5.74, 6) is 0.0553. The van der Waals surface area contributed by atoms with Crippen molar-refractivity contribution >= 4 is 35.1 Å². The highest BCUT2D eigenvalue weighted by Gasteiger charge is 2.27. The number of amides is 1. The van der Waals surface area contributed by atoms with Gasteiger partial charge in [0, 0.05) is 17.4 Å². The maximum absolute atomic E-state index is 13.5. The van der Waals surface area contributed by atoms with E-state index in [-0.39, 0.29) is 17.2 Å². The minimum Gasteiger partial charge on any atom is -0.325 e. The lowest BCUT2D eigenvalue weighted by atomic mass is 10.1. The van der Waals surface area contributed by atoms with E-state index in [1.807, 2.05) is 58.0 Å². The van der Waals surface area contributed by atoms with Crippen molar-refractivity contribution < 1.29 is 4.79 Å². The highest BCUT2D eigenvalue weighted by atomic mass is 32.2. The van der Waals surface area contributed by atoms with Crippen molar-refractivity contribution in [2.24, 2.45) is 0 Å². The van der Waals surface area contributed by atoms with E-state index in [0.29, 0.717) is 10.4 Å². The standard InChI is InChI=1S/C25H27N3O2S2/c1-14-9-15(2)11-19(10-14)28-24(30)23-21(12-17(4)32-23)27-25(28)31-13-22(29)26-20-8-6-7-16(3)18(20)5/h6-11,17H,12-13H2,1-5H3,(H,26,29). The summed E-state index contributed by atoms with van der Waals surface area (Å²) in [6.45, 7) is 10.2. The minimum atomic E-state index is -0.117. The van der Waals surface area contributed by atoms with Gasteiger partial charge in [0.25, 0.3) is 5.56 Å². The molecule has 0 saturated carbocycles. The number of rotatable bonds is 5. The van der Waals surface area contributed by atoms with E-state index < -0.39 is 0 Å². The van der Waals surface area contributed by atoms with E-state index in [2.05, 4.69) is 18.3 Å². The Bertz CT molecular complexity index is 1250. The summed E-state index contributed by atoms with van der Waals surface area (Å²) in [5.41, 5.74) is 6.74. The molecule has 0 radical (unpaired) electrons. The summed E-state index contributed by atoms with van der Waals surface area (Å²) in [6, 6.07) is 11.9. The lowest BCUT2D eigenvalue weighted by Gasteiger charge is -2.15. The second kappa shape index (κ2) is 9.16. The van der Waals surface area contributed by atoms with Crippen LogP contribution in [-0.4, -0.2) is 26.5 Å². The lowest BCUT2D eigenvalue weighted by molar-refractivity contribution is -0.113. The normalized spacial score (nSPS) is 15.0. The number of hydrogen-bond acceptors (Lipinski definition) is 5. The van der Waals surface area contributed by atoms with Crippen molar-refractivity contribution in [1.82, 2.24) is 9.55 Å². The molecular weight excluding hydrogens is 438 g/mol. The van der Waals surface area contributed by atoms with Crippen LogP contribution in [0.5, 0.6) is 0 Å². The quantitative estimate of drug-likeness (QED) is 0.413. The Morgan fingerprint density at radius 1 is 1.19 bits per heavy atom. The first kappa shape index (κ1) is 22.7. The fourth-order valence-corrected chi connectivity index (χ4v) is 5.83. The molecule has 2 aromatic carbocycles. The molecule has 166 valence electrons. The van der Waals surface area contributed by atoms with Crippen molar-refractivity contribution in [3.05, 3.63) is 74.7 Å². The molecule has 2 heterocycles. The number of aryl methyl sites for hydroxylation is 3. The first-order valence-electron chi connectivity index (χ1n) is 10.6. The van der Waals surface area contributed by atoms with Crippen LogP contribution in [0.2, 0.25) is 0 Å². The SMILES string of the molecule is Cc1cc(C)cc(-n2c(SCC(=O)Nc3cccc(C)c3C)nc3c(c2=O)SC(C)C3)c1. The van der Waals surface area contributed by atoms with Crippen LogP contribution in [0.1, 0.15) is 34.9 Å². The molecule has 1 aliphatic rings. The second-order valence-corrected chi connectivity index (χ2v) is 10.8. The van der Waals surface area contributed by atoms with Crippen molar-refractivity contribution in [2.45, 2.75) is 56.3 Å². The Kier molecular flexibility index (Phi) is 6.49. The summed E-state index contributed by atoms with van der Waals surface area (Å²) in [5, 5.41) is 3.88. The monoisotopic (exact) mass is 465 g/mol. The van der Waals surface area contributed by atoms with Crippen LogP contribution < -0.4 is 10.9 Å². The molecule has 1 N–H and O–H groups in total. The Morgan fingerprint density at radius 3 is 2.62 bits per heavy atom. The van der Waals surface area contributed by atoms with E-state index in [1.54, 1.807) is 16.3 Å². The van der Waals surface area contributed by atoms with Crippen molar-refractivity contribution in [3.8, 4) is 5.69 Å². The van der Waals surface area contributed by atoms with Gasteiger partial charge in [0.1, 0.15) is 0 Å². The predicted molar refractivity (Wildman–Crippen MR) is 134 cm³/mol. The summed E-state index contributed by atoms with van der Waals surface area (Å²) in [4.78, 5) is 31.7. The van der Waals surface area contributed by atoms with Crippen LogP contribution in [0.3, 0.4) is 0 Å². The van der Waals surface area contributed by atoms with E-state index in [4.69, 9.17) is 4.98 Å². The van der Waals surface area contributed by atoms with Gasteiger partial charge in [-0.05, 0) is 68.1 Å². The average molecular weight is 466 g/mol. The summed E-state index contributed by atoms with van der Waals surface area (Å²) >= 11 is 2.89. The molecule has 4 rings (SSSR count). The Morgan fingerprint density at radius 2 is 1.91 bits per heavy atom. The number of nitrogens with zero attached hydrogens (tertiary/aromatic N) is 2. The zero-order chi connectivity index (χ0) is 23.0. The van der Waals surface area contributed by atoms with Gasteiger partial charge >= 0.3 is 0 Å². The highest BCUT2D eigenvalue weighted by molar-refractivity contribution is 8.00. The van der Waals surface area contributed by atoms with Gasteiger partial charge in [-0.2, -0.15) is 0 Å². The molecule has 3 aromatic rings. The van der Waals surface area contributed by atoms with E-state index >= 15 is 0 Å². The molecule has 0 aliphatic carbocycles.